The maximum atomic E-state index is 13.3. The Hall–Kier alpha value is -4.18. The Bertz CT molecular complexity index is 1190. The summed E-state index contributed by atoms with van der Waals surface area (Å²) in [6, 6.07) is 9.22. The van der Waals surface area contributed by atoms with Crippen LogP contribution in [-0.4, -0.2) is 76.9 Å². The minimum atomic E-state index is 0. The lowest BCUT2D eigenvalue weighted by Crippen LogP contribution is -2.42. The molecule has 42 heavy (non-hydrogen) atoms. The molecule has 2 heterocycles. The molecule has 4 rings (SSSR count). The highest BCUT2D eigenvalue weighted by atomic mass is 16.5. The van der Waals surface area contributed by atoms with Gasteiger partial charge in [-0.15, -0.1) is 13.2 Å². The highest BCUT2D eigenvalue weighted by molar-refractivity contribution is 5.77. The Balaban J connectivity index is 0.000000488. The maximum Gasteiger partial charge on any atom is 0.324 e. The standard InChI is InChI=1S/C21H31N3O3.C9H11NO3.C2H4.H2/c1-4-23-12-6-11-22-10-5-7-17-8-9-19-16(15-24(17)21(23)25)13-18(26-2)14-20(19)27-3;1-12-7-3-4-9(13-2)8(5-7)10-6-11;1-2;/h8,13-14,22H,4-7,9-12,15H2,1-3H3;3-6H,1-2H3,(H,10,11);1-2H2;1H. The molecule has 0 spiro atoms. The van der Waals surface area contributed by atoms with Crippen LogP contribution in [0, 0.1) is 0 Å². The molecule has 0 aliphatic carbocycles. The predicted molar refractivity (Wildman–Crippen MR) is 169 cm³/mol. The van der Waals surface area contributed by atoms with Crippen LogP contribution < -0.4 is 29.6 Å². The van der Waals surface area contributed by atoms with E-state index in [-0.39, 0.29) is 7.46 Å². The molecule has 2 aliphatic rings. The zero-order valence-electron chi connectivity index (χ0n) is 25.7. The number of benzene rings is 2. The average molecular weight is 585 g/mol. The summed E-state index contributed by atoms with van der Waals surface area (Å²) in [6.45, 7) is 12.0. The van der Waals surface area contributed by atoms with Gasteiger partial charge in [0, 0.05) is 37.9 Å². The average Bonchev–Trinajstić information content (AvgIpc) is 3.23. The number of urea groups is 1. The van der Waals surface area contributed by atoms with Crippen LogP contribution in [-0.2, 0) is 17.8 Å². The summed E-state index contributed by atoms with van der Waals surface area (Å²) in [4.78, 5) is 27.5. The van der Waals surface area contributed by atoms with Gasteiger partial charge in [0.2, 0.25) is 6.41 Å². The van der Waals surface area contributed by atoms with Gasteiger partial charge in [0.05, 0.1) is 40.7 Å². The van der Waals surface area contributed by atoms with Crippen molar-refractivity contribution in [1.29, 1.82) is 0 Å². The van der Waals surface area contributed by atoms with Gasteiger partial charge in [-0.1, -0.05) is 6.08 Å². The van der Waals surface area contributed by atoms with Crippen molar-refractivity contribution >= 4 is 18.1 Å². The van der Waals surface area contributed by atoms with E-state index in [1.54, 1.807) is 39.5 Å². The summed E-state index contributed by atoms with van der Waals surface area (Å²) < 4.78 is 21.1. The molecule has 0 bridgehead atoms. The first-order valence-electron chi connectivity index (χ1n) is 14.1. The summed E-state index contributed by atoms with van der Waals surface area (Å²) in [5.74, 6) is 2.86. The van der Waals surface area contributed by atoms with Crippen LogP contribution in [0.5, 0.6) is 23.0 Å². The number of hydrogen-bond acceptors (Lipinski definition) is 7. The van der Waals surface area contributed by atoms with Crippen LogP contribution in [0.2, 0.25) is 0 Å². The number of methoxy groups -OCH3 is 4. The third kappa shape index (κ3) is 9.17. The quantitative estimate of drug-likeness (QED) is 0.328. The monoisotopic (exact) mass is 584 g/mol. The number of amides is 3. The smallest absolute Gasteiger partial charge is 0.324 e. The molecule has 2 aromatic rings. The van der Waals surface area contributed by atoms with Gasteiger partial charge < -0.3 is 34.5 Å². The van der Waals surface area contributed by atoms with Crippen molar-refractivity contribution in [2.45, 2.75) is 39.2 Å². The molecule has 10 heteroatoms. The highest BCUT2D eigenvalue weighted by Crippen LogP contribution is 2.34. The number of carbonyl (C=O) groups is 2. The van der Waals surface area contributed by atoms with Crippen LogP contribution in [0.25, 0.3) is 0 Å². The van der Waals surface area contributed by atoms with Crippen LogP contribution in [0.3, 0.4) is 0 Å². The molecule has 2 aliphatic heterocycles. The fourth-order valence-electron chi connectivity index (χ4n) is 4.84. The van der Waals surface area contributed by atoms with Crippen molar-refractivity contribution in [1.82, 2.24) is 15.1 Å². The first-order chi connectivity index (χ1) is 20.5. The Kier molecular flexibility index (Phi) is 14.8. The van der Waals surface area contributed by atoms with Gasteiger partial charge in [-0.25, -0.2) is 4.79 Å². The number of rotatable bonds is 7. The van der Waals surface area contributed by atoms with Gasteiger partial charge in [0.25, 0.3) is 0 Å². The minimum Gasteiger partial charge on any atom is -0.497 e. The number of nitrogens with one attached hydrogen (secondary N) is 2. The van der Waals surface area contributed by atoms with E-state index in [1.165, 1.54) is 7.11 Å². The summed E-state index contributed by atoms with van der Waals surface area (Å²) in [5, 5.41) is 6.00. The van der Waals surface area contributed by atoms with E-state index >= 15 is 0 Å². The molecule has 0 atom stereocenters. The lowest BCUT2D eigenvalue weighted by atomic mass is 10.0. The van der Waals surface area contributed by atoms with E-state index in [2.05, 4.69) is 29.9 Å². The largest absolute Gasteiger partial charge is 0.497 e. The third-order valence-corrected chi connectivity index (χ3v) is 7.02. The second-order valence-corrected chi connectivity index (χ2v) is 9.35. The van der Waals surface area contributed by atoms with Crippen LogP contribution in [0.15, 0.2) is 55.3 Å². The van der Waals surface area contributed by atoms with Crippen molar-refractivity contribution in [3.8, 4) is 23.0 Å². The van der Waals surface area contributed by atoms with Gasteiger partial charge in [-0.3, -0.25) is 9.69 Å². The van der Waals surface area contributed by atoms with Gasteiger partial charge >= 0.3 is 6.03 Å². The second kappa shape index (κ2) is 18.3. The number of carbonyl (C=O) groups excluding carboxylic acids is 2. The molecule has 0 unspecified atom stereocenters. The summed E-state index contributed by atoms with van der Waals surface area (Å²) >= 11 is 0. The van der Waals surface area contributed by atoms with Gasteiger partial charge in [-0.2, -0.15) is 0 Å². The van der Waals surface area contributed by atoms with Gasteiger partial charge in [0.15, 0.2) is 0 Å². The van der Waals surface area contributed by atoms with E-state index < -0.39 is 0 Å². The predicted octanol–water partition coefficient (Wildman–Crippen LogP) is 5.48. The Morgan fingerprint density at radius 2 is 1.69 bits per heavy atom. The van der Waals surface area contributed by atoms with E-state index in [1.807, 2.05) is 28.9 Å². The SMILES string of the molecule is C=C.CCN1CCCNCCCC2=CCc3c(cc(OC)cc3OC)CN2C1=O.COc1ccc(OC)c(NC=O)c1.[HH]. The number of ether oxygens (including phenoxy) is 4. The van der Waals surface area contributed by atoms with Crippen LogP contribution >= 0.6 is 0 Å². The molecule has 2 aromatic carbocycles. The number of fused-ring (bicyclic) bond motifs is 2. The highest BCUT2D eigenvalue weighted by Gasteiger charge is 2.27. The Morgan fingerprint density at radius 3 is 2.33 bits per heavy atom. The summed E-state index contributed by atoms with van der Waals surface area (Å²) in [7, 11) is 6.44. The van der Waals surface area contributed by atoms with Crippen molar-refractivity contribution in [2.24, 2.45) is 0 Å². The molecule has 0 aromatic heterocycles. The minimum absolute atomic E-state index is 0. The van der Waals surface area contributed by atoms with E-state index in [0.29, 0.717) is 30.1 Å². The number of allylic oxidation sites excluding steroid dienone is 2. The maximum absolute atomic E-state index is 13.3. The molecule has 3 amide bonds. The molecule has 232 valence electrons. The van der Waals surface area contributed by atoms with Crippen molar-refractivity contribution in [3.05, 3.63) is 66.4 Å². The number of hydrogen-bond donors (Lipinski definition) is 2. The first kappa shape index (κ1) is 34.0. The lowest BCUT2D eigenvalue weighted by molar-refractivity contribution is -0.105. The van der Waals surface area contributed by atoms with E-state index in [9.17, 15) is 9.59 Å². The second-order valence-electron chi connectivity index (χ2n) is 9.35. The van der Waals surface area contributed by atoms with Crippen LogP contribution in [0.1, 0.15) is 38.7 Å². The topological polar surface area (TPSA) is 102 Å². The summed E-state index contributed by atoms with van der Waals surface area (Å²) in [5.41, 5.74) is 3.94. The van der Waals surface area contributed by atoms with Gasteiger partial charge in [-0.05, 0) is 69.5 Å². The van der Waals surface area contributed by atoms with Gasteiger partial charge in [0.1, 0.15) is 23.0 Å². The zero-order valence-corrected chi connectivity index (χ0v) is 25.7. The third-order valence-electron chi connectivity index (χ3n) is 7.02. The number of anilines is 1. The molecule has 2 N–H and O–H groups in total. The molecule has 1 saturated heterocycles. The van der Waals surface area contributed by atoms with Crippen molar-refractivity contribution in [2.75, 3.05) is 59.9 Å². The molecule has 1 fully saturated rings. The summed E-state index contributed by atoms with van der Waals surface area (Å²) in [6.07, 6.45) is 6.45. The van der Waals surface area contributed by atoms with Crippen LogP contribution in [0.4, 0.5) is 10.5 Å². The molecular weight excluding hydrogens is 536 g/mol. The Morgan fingerprint density at radius 1 is 0.976 bits per heavy atom. The molecule has 0 radical (unpaired) electrons. The van der Waals surface area contributed by atoms with Crippen molar-refractivity contribution < 1.29 is 30.0 Å². The number of nitrogens with zero attached hydrogens (tertiary/aromatic N) is 2. The molecule has 0 saturated carbocycles. The fourth-order valence-corrected chi connectivity index (χ4v) is 4.84. The lowest BCUT2D eigenvalue weighted by Gasteiger charge is -2.31. The van der Waals surface area contributed by atoms with Crippen molar-refractivity contribution in [3.63, 3.8) is 0 Å². The zero-order chi connectivity index (χ0) is 30.9. The Labute approximate surface area is 251 Å². The molecule has 10 nitrogen and oxygen atoms in total. The molecular formula is C32H48N4O6. The first-order valence-corrected chi connectivity index (χ1v) is 14.1. The normalized spacial score (nSPS) is 14.9. The van der Waals surface area contributed by atoms with E-state index in [0.717, 1.165) is 80.2 Å². The fraction of sp³-hybridized carbons (Fsp3) is 0.438. The van der Waals surface area contributed by atoms with E-state index in [4.69, 9.17) is 18.9 Å².